The van der Waals surface area contributed by atoms with E-state index < -0.39 is 0 Å². The molecule has 0 saturated carbocycles. The van der Waals surface area contributed by atoms with Crippen molar-refractivity contribution in [1.82, 2.24) is 10.3 Å². The Hall–Kier alpha value is -0.450. The van der Waals surface area contributed by atoms with Gasteiger partial charge < -0.3 is 10.1 Å². The SMILES string of the molecule is CCCNCc1csc(C(OCC)C(C)(C)C)n1. The Morgan fingerprint density at radius 2 is 2.11 bits per heavy atom. The average Bonchev–Trinajstić information content (AvgIpc) is 2.73. The Labute approximate surface area is 115 Å². The summed E-state index contributed by atoms with van der Waals surface area (Å²) in [5.41, 5.74) is 1.21. The van der Waals surface area contributed by atoms with Crippen molar-refractivity contribution in [3.05, 3.63) is 16.1 Å². The fourth-order valence-corrected chi connectivity index (χ4v) is 2.88. The summed E-state index contributed by atoms with van der Waals surface area (Å²) in [6.07, 6.45) is 1.24. The zero-order valence-corrected chi connectivity index (χ0v) is 13.1. The first-order chi connectivity index (χ1) is 8.49. The lowest BCUT2D eigenvalue weighted by Gasteiger charge is -2.28. The standard InChI is InChI=1S/C14H26N2OS/c1-6-8-15-9-11-10-18-13(16-11)12(17-7-2)14(3,4)5/h10,12,15H,6-9H2,1-5H3. The van der Waals surface area contributed by atoms with Gasteiger partial charge in [-0.1, -0.05) is 27.7 Å². The number of hydrogen-bond acceptors (Lipinski definition) is 4. The lowest BCUT2D eigenvalue weighted by molar-refractivity contribution is -0.0134. The zero-order valence-electron chi connectivity index (χ0n) is 12.2. The molecular formula is C14H26N2OS. The normalized spacial score (nSPS) is 13.8. The highest BCUT2D eigenvalue weighted by atomic mass is 32.1. The smallest absolute Gasteiger partial charge is 0.122 e. The molecule has 0 aliphatic rings. The first-order valence-electron chi connectivity index (χ1n) is 6.75. The Balaban J connectivity index is 2.69. The van der Waals surface area contributed by atoms with E-state index in [9.17, 15) is 0 Å². The highest BCUT2D eigenvalue weighted by molar-refractivity contribution is 7.09. The zero-order chi connectivity index (χ0) is 13.6. The number of thiazole rings is 1. The molecule has 1 heterocycles. The van der Waals surface area contributed by atoms with Gasteiger partial charge in [-0.05, 0) is 25.3 Å². The molecule has 4 heteroatoms. The molecular weight excluding hydrogens is 244 g/mol. The second-order valence-corrected chi connectivity index (χ2v) is 6.44. The van der Waals surface area contributed by atoms with Gasteiger partial charge in [0.2, 0.25) is 0 Å². The lowest BCUT2D eigenvalue weighted by Crippen LogP contribution is -2.21. The van der Waals surface area contributed by atoms with Gasteiger partial charge in [-0.3, -0.25) is 0 Å². The highest BCUT2D eigenvalue weighted by Crippen LogP contribution is 2.37. The van der Waals surface area contributed by atoms with Gasteiger partial charge in [0.1, 0.15) is 11.1 Å². The quantitative estimate of drug-likeness (QED) is 0.766. The van der Waals surface area contributed by atoms with Crippen LogP contribution in [0.15, 0.2) is 5.38 Å². The Kier molecular flexibility index (Phi) is 6.26. The van der Waals surface area contributed by atoms with Crippen LogP contribution >= 0.6 is 11.3 Å². The van der Waals surface area contributed by atoms with Gasteiger partial charge >= 0.3 is 0 Å². The maximum atomic E-state index is 5.86. The molecule has 0 fully saturated rings. The summed E-state index contributed by atoms with van der Waals surface area (Å²) in [5, 5.41) is 6.61. The number of nitrogens with one attached hydrogen (secondary N) is 1. The van der Waals surface area contributed by atoms with Crippen LogP contribution in [0.1, 0.15) is 57.8 Å². The molecule has 0 saturated heterocycles. The van der Waals surface area contributed by atoms with E-state index in [1.165, 1.54) is 0 Å². The molecule has 0 radical (unpaired) electrons. The second kappa shape index (κ2) is 7.22. The summed E-state index contributed by atoms with van der Waals surface area (Å²) in [5.74, 6) is 0. The van der Waals surface area contributed by atoms with Gasteiger partial charge in [-0.25, -0.2) is 4.98 Å². The van der Waals surface area contributed by atoms with Crippen molar-refractivity contribution in [2.75, 3.05) is 13.2 Å². The molecule has 1 aromatic rings. The number of hydrogen-bond donors (Lipinski definition) is 1. The predicted molar refractivity (Wildman–Crippen MR) is 77.9 cm³/mol. The molecule has 0 amide bonds. The number of aromatic nitrogens is 1. The minimum absolute atomic E-state index is 0.0853. The maximum absolute atomic E-state index is 5.86. The fraction of sp³-hybridized carbons (Fsp3) is 0.786. The van der Waals surface area contributed by atoms with E-state index in [0.717, 1.165) is 36.8 Å². The van der Waals surface area contributed by atoms with Crippen LogP contribution < -0.4 is 5.32 Å². The maximum Gasteiger partial charge on any atom is 0.122 e. The van der Waals surface area contributed by atoms with Gasteiger partial charge in [-0.15, -0.1) is 11.3 Å². The molecule has 3 nitrogen and oxygen atoms in total. The third-order valence-corrected chi connectivity index (χ3v) is 3.58. The third-order valence-electron chi connectivity index (χ3n) is 2.65. The van der Waals surface area contributed by atoms with Crippen molar-refractivity contribution >= 4 is 11.3 Å². The van der Waals surface area contributed by atoms with Crippen LogP contribution in [0.3, 0.4) is 0 Å². The van der Waals surface area contributed by atoms with Crippen LogP contribution in [0, 0.1) is 5.41 Å². The largest absolute Gasteiger partial charge is 0.371 e. The van der Waals surface area contributed by atoms with E-state index in [4.69, 9.17) is 9.72 Å². The third kappa shape index (κ3) is 4.67. The molecule has 0 bridgehead atoms. The average molecular weight is 270 g/mol. The molecule has 0 aromatic carbocycles. The van der Waals surface area contributed by atoms with E-state index in [1.807, 2.05) is 6.92 Å². The summed E-state index contributed by atoms with van der Waals surface area (Å²) in [6.45, 7) is 13.4. The van der Waals surface area contributed by atoms with Crippen LogP contribution in [0.2, 0.25) is 0 Å². The minimum atomic E-state index is 0.0853. The van der Waals surface area contributed by atoms with E-state index in [0.29, 0.717) is 0 Å². The van der Waals surface area contributed by atoms with Crippen molar-refractivity contribution in [2.45, 2.75) is 53.7 Å². The predicted octanol–water partition coefficient (Wildman–Crippen LogP) is 3.77. The van der Waals surface area contributed by atoms with Crippen LogP contribution in [0.5, 0.6) is 0 Å². The molecule has 1 N–H and O–H groups in total. The minimum Gasteiger partial charge on any atom is -0.371 e. The van der Waals surface area contributed by atoms with Crippen LogP contribution in [0.25, 0.3) is 0 Å². The van der Waals surface area contributed by atoms with Gasteiger partial charge in [0.15, 0.2) is 0 Å². The van der Waals surface area contributed by atoms with E-state index in [1.54, 1.807) is 11.3 Å². The van der Waals surface area contributed by atoms with E-state index in [2.05, 4.69) is 38.4 Å². The molecule has 18 heavy (non-hydrogen) atoms. The molecule has 1 atom stereocenters. The molecule has 1 aromatic heterocycles. The molecule has 104 valence electrons. The second-order valence-electron chi connectivity index (χ2n) is 5.56. The van der Waals surface area contributed by atoms with Crippen molar-refractivity contribution in [2.24, 2.45) is 5.41 Å². The summed E-state index contributed by atoms with van der Waals surface area (Å²) in [6, 6.07) is 0. The van der Waals surface area contributed by atoms with Crippen molar-refractivity contribution in [1.29, 1.82) is 0 Å². The summed E-state index contributed by atoms with van der Waals surface area (Å²) in [7, 11) is 0. The summed E-state index contributed by atoms with van der Waals surface area (Å²) < 4.78 is 5.86. The first-order valence-corrected chi connectivity index (χ1v) is 7.63. The summed E-state index contributed by atoms with van der Waals surface area (Å²) in [4.78, 5) is 4.70. The lowest BCUT2D eigenvalue weighted by atomic mass is 9.89. The van der Waals surface area contributed by atoms with Gasteiger partial charge in [0.25, 0.3) is 0 Å². The van der Waals surface area contributed by atoms with Crippen molar-refractivity contribution in [3.8, 4) is 0 Å². The summed E-state index contributed by atoms with van der Waals surface area (Å²) >= 11 is 1.71. The Morgan fingerprint density at radius 1 is 1.39 bits per heavy atom. The van der Waals surface area contributed by atoms with Gasteiger partial charge in [0.05, 0.1) is 5.69 Å². The molecule has 0 aliphatic heterocycles. The highest BCUT2D eigenvalue weighted by Gasteiger charge is 2.29. The van der Waals surface area contributed by atoms with Gasteiger partial charge in [0, 0.05) is 18.5 Å². The topological polar surface area (TPSA) is 34.1 Å². The number of nitrogens with zero attached hydrogens (tertiary/aromatic N) is 1. The van der Waals surface area contributed by atoms with Crippen LogP contribution in [0.4, 0.5) is 0 Å². The number of rotatable bonds is 7. The fourth-order valence-electron chi connectivity index (χ4n) is 1.78. The number of ether oxygens (including phenoxy) is 1. The van der Waals surface area contributed by atoms with Crippen molar-refractivity contribution < 1.29 is 4.74 Å². The van der Waals surface area contributed by atoms with Gasteiger partial charge in [-0.2, -0.15) is 0 Å². The van der Waals surface area contributed by atoms with Crippen LogP contribution in [-0.4, -0.2) is 18.1 Å². The molecule has 1 unspecified atom stereocenters. The monoisotopic (exact) mass is 270 g/mol. The Morgan fingerprint density at radius 3 is 2.67 bits per heavy atom. The van der Waals surface area contributed by atoms with E-state index in [-0.39, 0.29) is 11.5 Å². The molecule has 1 rings (SSSR count). The van der Waals surface area contributed by atoms with E-state index >= 15 is 0 Å². The van der Waals surface area contributed by atoms with Crippen LogP contribution in [-0.2, 0) is 11.3 Å². The first kappa shape index (κ1) is 15.6. The van der Waals surface area contributed by atoms with Crippen molar-refractivity contribution in [3.63, 3.8) is 0 Å². The molecule has 0 aliphatic carbocycles. The molecule has 0 spiro atoms. The Bertz CT molecular complexity index is 344.